The molecule has 0 spiro atoms. The van der Waals surface area contributed by atoms with Crippen molar-refractivity contribution in [3.8, 4) is 21.7 Å². The van der Waals surface area contributed by atoms with Gasteiger partial charge in [0.25, 0.3) is 11.9 Å². The van der Waals surface area contributed by atoms with Gasteiger partial charge >= 0.3 is 0 Å². The van der Waals surface area contributed by atoms with E-state index >= 15 is 0 Å². The number of hydrogen-bond donors (Lipinski definition) is 3. The number of fused-ring (bicyclic) bond motifs is 4. The number of thiazole rings is 2. The first-order valence-electron chi connectivity index (χ1n) is 23.3. The normalized spacial score (nSPS) is 12.7. The standard InChI is InChI=1S/C58H39N7O2S2.C2H4O2.Zn/c1-33-17-3-7-23-37(33)55(66)64-53-49(57-59-43-29-11-13-31-45(43)68-57)47(41-27-15-21-35-19-5-9-25-39(35)41)51(62-53)61-52-48(42-28-16-22-36-20-6-10-26-40(36)42)50(58-60-44-30-12-14-32-46(44)69-58)54(63-52)65-56(67)38-24-8-4-18-34(38)2;1-2(3)4;/h3-32H,1-2H3,(H3,59,60,61,62,63,64,65,66,67);1H3,(H,3,4);/p-1. The van der Waals surface area contributed by atoms with Crippen LogP contribution in [0.5, 0.6) is 0 Å². The molecule has 8 aromatic carbocycles. The molecular weight excluding hydrogens is 1010 g/mol. The summed E-state index contributed by atoms with van der Waals surface area (Å²) < 4.78 is 1.97. The smallest absolute Gasteiger partial charge is 0.300 e. The van der Waals surface area contributed by atoms with Gasteiger partial charge in [-0.2, -0.15) is 0 Å². The number of carboxylic acid groups (broad SMARTS) is 1. The fraction of sp³-hybridized carbons (Fsp3) is 0.0500. The second-order valence-corrected chi connectivity index (χ2v) is 19.3. The molecule has 1 aliphatic rings. The average molecular weight is 1050 g/mol. The van der Waals surface area contributed by atoms with Crippen molar-refractivity contribution in [2.75, 3.05) is 5.32 Å². The van der Waals surface area contributed by atoms with Crippen LogP contribution in [0.1, 0.15) is 49.3 Å². The number of amides is 2. The molecule has 356 valence electrons. The fourth-order valence-corrected chi connectivity index (χ4v) is 11.2. The number of amidine groups is 2. The van der Waals surface area contributed by atoms with E-state index < -0.39 is 5.97 Å². The predicted octanol–water partition coefficient (Wildman–Crippen LogP) is 13.9. The number of aliphatic carboxylic acids is 1. The number of nitrogens with zero attached hydrogens (tertiary/aromatic N) is 5. The number of benzene rings is 8. The zero-order chi connectivity index (χ0) is 50.2. The van der Waals surface area contributed by atoms with E-state index in [1.807, 2.05) is 147 Å². The molecule has 1 aliphatic heterocycles. The second-order valence-electron chi connectivity index (χ2n) is 17.3. The Morgan fingerprint density at radius 2 is 1.01 bits per heavy atom. The Bertz CT molecular complexity index is 4050. The van der Waals surface area contributed by atoms with Crippen LogP contribution in [0.4, 0.5) is 11.6 Å². The number of carboxylic acids is 1. The Balaban J connectivity index is 0.00000121. The molecular formula is C60H42N7O4S2Zn-. The summed E-state index contributed by atoms with van der Waals surface area (Å²) in [5.74, 6) is -0.222. The minimum atomic E-state index is -0.833. The van der Waals surface area contributed by atoms with Crippen LogP contribution in [0.25, 0.3) is 74.8 Å². The van der Waals surface area contributed by atoms with Gasteiger partial charge in [-0.3, -0.25) is 14.4 Å². The SMILES string of the molecule is CC(=O)O.Cc1ccccc1C(=O)NC1=NC(=Nc2[n-]c(NC(=O)c3ccccc3C)c(-c3nc4ccccc4s3)c2-c2cccc3ccccc23)C(c2cccc3ccccc23)=C1c1nc2ccccc2s1.[Zn]. The molecule has 0 atom stereocenters. The molecule has 11 nitrogen and oxygen atoms in total. The molecule has 0 bridgehead atoms. The summed E-state index contributed by atoms with van der Waals surface area (Å²) in [4.78, 5) is 64.5. The summed E-state index contributed by atoms with van der Waals surface area (Å²) in [6, 6.07) is 59.7. The van der Waals surface area contributed by atoms with Crippen LogP contribution in [0.15, 0.2) is 192 Å². The molecule has 74 heavy (non-hydrogen) atoms. The minimum Gasteiger partial charge on any atom is -0.481 e. The van der Waals surface area contributed by atoms with E-state index in [9.17, 15) is 9.59 Å². The molecule has 11 aromatic rings. The maximum absolute atomic E-state index is 14.4. The van der Waals surface area contributed by atoms with Gasteiger partial charge in [-0.05, 0) is 88.0 Å². The Hall–Kier alpha value is -8.55. The van der Waals surface area contributed by atoms with Crippen molar-refractivity contribution in [2.24, 2.45) is 9.98 Å². The first kappa shape index (κ1) is 49.1. The maximum Gasteiger partial charge on any atom is 0.300 e. The van der Waals surface area contributed by atoms with E-state index in [-0.39, 0.29) is 31.3 Å². The first-order valence-corrected chi connectivity index (χ1v) is 25.0. The van der Waals surface area contributed by atoms with Crippen LogP contribution in [-0.2, 0) is 24.3 Å². The third kappa shape index (κ3) is 9.49. The van der Waals surface area contributed by atoms with Crippen molar-refractivity contribution in [1.82, 2.24) is 20.3 Å². The Morgan fingerprint density at radius 3 is 1.61 bits per heavy atom. The third-order valence-electron chi connectivity index (χ3n) is 12.4. The average Bonchev–Trinajstić information content (AvgIpc) is 4.19. The van der Waals surface area contributed by atoms with Crippen molar-refractivity contribution in [3.63, 3.8) is 0 Å². The molecule has 0 saturated heterocycles. The Labute approximate surface area is 445 Å². The summed E-state index contributed by atoms with van der Waals surface area (Å²) >= 11 is 3.05. The summed E-state index contributed by atoms with van der Waals surface area (Å²) in [7, 11) is 0. The van der Waals surface area contributed by atoms with Crippen LogP contribution < -0.4 is 15.6 Å². The molecule has 3 N–H and O–H groups in total. The van der Waals surface area contributed by atoms with Crippen molar-refractivity contribution < 1.29 is 39.0 Å². The quantitative estimate of drug-likeness (QED) is 0.128. The zero-order valence-corrected chi connectivity index (χ0v) is 44.9. The topological polar surface area (TPSA) is 160 Å². The summed E-state index contributed by atoms with van der Waals surface area (Å²) in [6.07, 6.45) is 0. The number of carbonyl (C=O) groups excluding carboxylic acids is 2. The molecule has 14 heteroatoms. The van der Waals surface area contributed by atoms with Crippen LogP contribution in [0, 0.1) is 13.8 Å². The van der Waals surface area contributed by atoms with Crippen molar-refractivity contribution in [3.05, 3.63) is 215 Å². The minimum absolute atomic E-state index is 0. The van der Waals surface area contributed by atoms with Crippen molar-refractivity contribution in [2.45, 2.75) is 20.8 Å². The molecule has 0 unspecified atom stereocenters. The number of rotatable bonds is 8. The van der Waals surface area contributed by atoms with E-state index in [0.29, 0.717) is 66.7 Å². The van der Waals surface area contributed by atoms with Crippen LogP contribution >= 0.6 is 22.7 Å². The van der Waals surface area contributed by atoms with Gasteiger partial charge in [-0.25, -0.2) is 15.0 Å². The first-order chi connectivity index (χ1) is 35.6. The van der Waals surface area contributed by atoms with Crippen molar-refractivity contribution in [1.29, 1.82) is 0 Å². The van der Waals surface area contributed by atoms with Crippen molar-refractivity contribution >= 4 is 117 Å². The molecule has 2 amide bonds. The Morgan fingerprint density at radius 1 is 0.541 bits per heavy atom. The molecule has 3 aromatic heterocycles. The van der Waals surface area contributed by atoms with Crippen LogP contribution in [0.3, 0.4) is 0 Å². The Kier molecular flexibility index (Phi) is 13.8. The number of aromatic nitrogens is 3. The van der Waals surface area contributed by atoms with Gasteiger partial charge in [0.15, 0.2) is 0 Å². The molecule has 0 saturated carbocycles. The molecule has 12 rings (SSSR count). The number of aryl methyl sites for hydroxylation is 2. The van der Waals surface area contributed by atoms with Gasteiger partial charge < -0.3 is 25.7 Å². The predicted molar refractivity (Wildman–Crippen MR) is 297 cm³/mol. The fourth-order valence-electron chi connectivity index (χ4n) is 9.12. The molecule has 0 radical (unpaired) electrons. The van der Waals surface area contributed by atoms with E-state index in [4.69, 9.17) is 34.8 Å². The largest absolute Gasteiger partial charge is 0.481 e. The number of anilines is 1. The number of nitrogens with one attached hydrogen (secondary N) is 2. The van der Waals surface area contributed by atoms with Gasteiger partial charge in [0.05, 0.1) is 31.8 Å². The van der Waals surface area contributed by atoms with E-state index in [1.165, 1.54) is 22.7 Å². The summed E-state index contributed by atoms with van der Waals surface area (Å²) in [5, 5.41) is 19.2. The second kappa shape index (κ2) is 20.9. The van der Waals surface area contributed by atoms with E-state index in [1.54, 1.807) is 0 Å². The third-order valence-corrected chi connectivity index (χ3v) is 14.6. The monoisotopic (exact) mass is 1050 g/mol. The molecule has 0 aliphatic carbocycles. The van der Waals surface area contributed by atoms with Crippen LogP contribution in [-0.4, -0.2) is 44.5 Å². The van der Waals surface area contributed by atoms with E-state index in [2.05, 4.69) is 59.2 Å². The summed E-state index contributed by atoms with van der Waals surface area (Å²) in [6.45, 7) is 4.91. The number of carbonyl (C=O) groups is 3. The number of aliphatic imine (C=N–C) groups is 2. The van der Waals surface area contributed by atoms with Crippen LogP contribution in [0.2, 0.25) is 0 Å². The van der Waals surface area contributed by atoms with E-state index in [0.717, 1.165) is 71.2 Å². The summed E-state index contributed by atoms with van der Waals surface area (Å²) in [5.41, 5.74) is 8.64. The van der Waals surface area contributed by atoms with Gasteiger partial charge in [0.2, 0.25) is 5.91 Å². The van der Waals surface area contributed by atoms with Gasteiger partial charge in [0, 0.05) is 65.9 Å². The maximum atomic E-state index is 14.4. The van der Waals surface area contributed by atoms with Gasteiger partial charge in [-0.1, -0.05) is 152 Å². The van der Waals surface area contributed by atoms with Gasteiger partial charge in [-0.15, -0.1) is 22.7 Å². The molecule has 4 heterocycles. The zero-order valence-electron chi connectivity index (χ0n) is 40.3. The number of hydrogen-bond acceptors (Lipinski definition) is 8. The molecule has 0 fully saturated rings. The van der Waals surface area contributed by atoms with Gasteiger partial charge in [0.1, 0.15) is 15.9 Å². The number of para-hydroxylation sites is 2.